The first-order chi connectivity index (χ1) is 10.5. The maximum absolute atomic E-state index is 9.31. The molecule has 1 aliphatic rings. The van der Waals surface area contributed by atoms with Gasteiger partial charge in [-0.1, -0.05) is 32.9 Å². The zero-order valence-electron chi connectivity index (χ0n) is 14.3. The fourth-order valence-electron chi connectivity index (χ4n) is 3.06. The Morgan fingerprint density at radius 1 is 1.27 bits per heavy atom. The van der Waals surface area contributed by atoms with E-state index in [2.05, 4.69) is 43.9 Å². The summed E-state index contributed by atoms with van der Waals surface area (Å²) >= 11 is 0. The summed E-state index contributed by atoms with van der Waals surface area (Å²) in [6.07, 6.45) is 4.57. The van der Waals surface area contributed by atoms with Crippen molar-refractivity contribution >= 4 is 0 Å². The monoisotopic (exact) mass is 305 g/mol. The number of rotatable bonds is 7. The molecule has 1 N–H and O–H groups in total. The van der Waals surface area contributed by atoms with E-state index in [1.54, 1.807) is 0 Å². The van der Waals surface area contributed by atoms with E-state index in [1.807, 2.05) is 6.07 Å². The third kappa shape index (κ3) is 4.99. The lowest BCUT2D eigenvalue weighted by molar-refractivity contribution is 0.155. The topological polar surface area (TPSA) is 32.7 Å². The van der Waals surface area contributed by atoms with Crippen molar-refractivity contribution in [1.82, 2.24) is 4.90 Å². The van der Waals surface area contributed by atoms with Gasteiger partial charge in [0.25, 0.3) is 0 Å². The van der Waals surface area contributed by atoms with Crippen LogP contribution in [0.3, 0.4) is 0 Å². The van der Waals surface area contributed by atoms with E-state index >= 15 is 0 Å². The summed E-state index contributed by atoms with van der Waals surface area (Å²) in [7, 11) is 0. The molecule has 22 heavy (non-hydrogen) atoms. The highest BCUT2D eigenvalue weighted by Crippen LogP contribution is 2.25. The number of aliphatic hydroxyl groups is 1. The number of benzene rings is 1. The van der Waals surface area contributed by atoms with E-state index in [9.17, 15) is 5.11 Å². The van der Waals surface area contributed by atoms with E-state index in [4.69, 9.17) is 4.74 Å². The molecule has 1 aromatic rings. The maximum atomic E-state index is 9.31. The van der Waals surface area contributed by atoms with Crippen molar-refractivity contribution in [3.05, 3.63) is 29.8 Å². The Hall–Kier alpha value is -1.06. The molecule has 1 aromatic carbocycles. The molecule has 0 radical (unpaired) electrons. The molecule has 2 rings (SSSR count). The van der Waals surface area contributed by atoms with E-state index in [0.717, 1.165) is 44.7 Å². The van der Waals surface area contributed by atoms with E-state index in [-0.39, 0.29) is 5.41 Å². The Morgan fingerprint density at radius 3 is 2.82 bits per heavy atom. The molecule has 0 aromatic heterocycles. The highest BCUT2D eigenvalue weighted by molar-refractivity contribution is 5.32. The van der Waals surface area contributed by atoms with Gasteiger partial charge in [-0.15, -0.1) is 0 Å². The molecule has 1 fully saturated rings. The first kappa shape index (κ1) is 17.3. The van der Waals surface area contributed by atoms with E-state index in [1.165, 1.54) is 12.0 Å². The third-order valence-corrected chi connectivity index (χ3v) is 4.52. The van der Waals surface area contributed by atoms with Crippen LogP contribution < -0.4 is 4.74 Å². The van der Waals surface area contributed by atoms with Crippen LogP contribution in [0.4, 0.5) is 0 Å². The van der Waals surface area contributed by atoms with Crippen LogP contribution in [0.5, 0.6) is 5.75 Å². The van der Waals surface area contributed by atoms with Crippen molar-refractivity contribution in [3.8, 4) is 5.75 Å². The molecule has 0 spiro atoms. The van der Waals surface area contributed by atoms with Gasteiger partial charge in [0.2, 0.25) is 0 Å². The Bertz CT molecular complexity index is 453. The van der Waals surface area contributed by atoms with Gasteiger partial charge in [-0.3, -0.25) is 4.90 Å². The smallest absolute Gasteiger partial charge is 0.119 e. The van der Waals surface area contributed by atoms with E-state index < -0.39 is 0 Å². The van der Waals surface area contributed by atoms with Gasteiger partial charge in [0, 0.05) is 6.04 Å². The molecule has 0 bridgehead atoms. The second kappa shape index (κ2) is 7.98. The van der Waals surface area contributed by atoms with Gasteiger partial charge in [0.15, 0.2) is 0 Å². The minimum absolute atomic E-state index is 0.161. The zero-order chi connectivity index (χ0) is 16.0. The summed E-state index contributed by atoms with van der Waals surface area (Å²) < 4.78 is 5.89. The molecule has 0 amide bonds. The van der Waals surface area contributed by atoms with Crippen molar-refractivity contribution in [2.75, 3.05) is 26.3 Å². The second-order valence-corrected chi connectivity index (χ2v) is 7.35. The highest BCUT2D eigenvalue weighted by Gasteiger charge is 2.22. The fraction of sp³-hybridized carbons (Fsp3) is 0.684. The third-order valence-electron chi connectivity index (χ3n) is 4.52. The summed E-state index contributed by atoms with van der Waals surface area (Å²) in [5, 5.41) is 9.31. The van der Waals surface area contributed by atoms with Crippen LogP contribution in [0.25, 0.3) is 0 Å². The number of nitrogens with zero attached hydrogens (tertiary/aromatic N) is 1. The normalized spacial score (nSPS) is 19.5. The number of aliphatic hydroxyl groups excluding tert-OH is 1. The molecule has 3 nitrogen and oxygen atoms in total. The SMILES string of the molecule is CC(C)(C)c1cccc(OCCCCN2CCCC2CO)c1. The second-order valence-electron chi connectivity index (χ2n) is 7.35. The summed E-state index contributed by atoms with van der Waals surface area (Å²) in [5.74, 6) is 0.974. The van der Waals surface area contributed by atoms with Crippen molar-refractivity contribution in [1.29, 1.82) is 0 Å². The Kier molecular flexibility index (Phi) is 6.27. The van der Waals surface area contributed by atoms with Crippen molar-refractivity contribution < 1.29 is 9.84 Å². The molecule has 1 saturated heterocycles. The number of unbranched alkanes of at least 4 members (excludes halogenated alkanes) is 1. The van der Waals surface area contributed by atoms with Crippen LogP contribution in [0.15, 0.2) is 24.3 Å². The molecule has 0 aliphatic carbocycles. The van der Waals surface area contributed by atoms with Gasteiger partial charge < -0.3 is 9.84 Å². The van der Waals surface area contributed by atoms with Crippen LogP contribution in [0.2, 0.25) is 0 Å². The van der Waals surface area contributed by atoms with Gasteiger partial charge in [0.05, 0.1) is 13.2 Å². The van der Waals surface area contributed by atoms with Crippen LogP contribution in [-0.4, -0.2) is 42.4 Å². The van der Waals surface area contributed by atoms with Gasteiger partial charge in [-0.05, 0) is 61.9 Å². The molecular weight excluding hydrogens is 274 g/mol. The average molecular weight is 305 g/mol. The van der Waals surface area contributed by atoms with Crippen molar-refractivity contribution in [3.63, 3.8) is 0 Å². The van der Waals surface area contributed by atoms with Crippen LogP contribution >= 0.6 is 0 Å². The maximum Gasteiger partial charge on any atom is 0.119 e. The van der Waals surface area contributed by atoms with Gasteiger partial charge >= 0.3 is 0 Å². The molecule has 1 atom stereocenters. The standard InChI is InChI=1S/C19H31NO2/c1-19(2,3)16-8-6-10-18(14-16)22-13-5-4-11-20-12-7-9-17(20)15-21/h6,8,10,14,17,21H,4-5,7,9,11-13,15H2,1-3H3. The summed E-state index contributed by atoms with van der Waals surface area (Å²) in [4.78, 5) is 2.42. The van der Waals surface area contributed by atoms with Crippen LogP contribution in [0, 0.1) is 0 Å². The Morgan fingerprint density at radius 2 is 2.09 bits per heavy atom. The van der Waals surface area contributed by atoms with Gasteiger partial charge in [-0.2, -0.15) is 0 Å². The van der Waals surface area contributed by atoms with Crippen molar-refractivity contribution in [2.24, 2.45) is 0 Å². The van der Waals surface area contributed by atoms with Crippen molar-refractivity contribution in [2.45, 2.75) is 57.9 Å². The van der Waals surface area contributed by atoms with E-state index in [0.29, 0.717) is 12.6 Å². The lowest BCUT2D eigenvalue weighted by Crippen LogP contribution is -2.33. The molecule has 124 valence electrons. The number of ether oxygens (including phenoxy) is 1. The molecule has 1 unspecified atom stereocenters. The summed E-state index contributed by atoms with van der Waals surface area (Å²) in [6, 6.07) is 8.82. The fourth-order valence-corrected chi connectivity index (χ4v) is 3.06. The Labute approximate surface area is 135 Å². The summed E-state index contributed by atoms with van der Waals surface area (Å²) in [5.41, 5.74) is 1.47. The minimum atomic E-state index is 0.161. The molecule has 0 saturated carbocycles. The number of hydrogen-bond donors (Lipinski definition) is 1. The van der Waals surface area contributed by atoms with Crippen LogP contribution in [0.1, 0.15) is 52.0 Å². The lowest BCUT2D eigenvalue weighted by atomic mass is 9.87. The van der Waals surface area contributed by atoms with Gasteiger partial charge in [-0.25, -0.2) is 0 Å². The first-order valence-electron chi connectivity index (χ1n) is 8.59. The predicted molar refractivity (Wildman–Crippen MR) is 91.6 cm³/mol. The Balaban J connectivity index is 1.69. The van der Waals surface area contributed by atoms with Gasteiger partial charge in [0.1, 0.15) is 5.75 Å². The average Bonchev–Trinajstić information content (AvgIpc) is 2.94. The van der Waals surface area contributed by atoms with Crippen LogP contribution in [-0.2, 0) is 5.41 Å². The number of likely N-dealkylation sites (tertiary alicyclic amines) is 1. The quantitative estimate of drug-likeness (QED) is 0.781. The zero-order valence-corrected chi connectivity index (χ0v) is 14.3. The molecule has 3 heteroatoms. The molecule has 1 heterocycles. The summed E-state index contributed by atoms with van der Waals surface area (Å²) in [6.45, 7) is 9.96. The minimum Gasteiger partial charge on any atom is -0.494 e. The first-order valence-corrected chi connectivity index (χ1v) is 8.59. The largest absolute Gasteiger partial charge is 0.494 e. The lowest BCUT2D eigenvalue weighted by Gasteiger charge is -2.22. The molecular formula is C19H31NO2. The highest BCUT2D eigenvalue weighted by atomic mass is 16.5. The number of hydrogen-bond acceptors (Lipinski definition) is 3. The predicted octanol–water partition coefficient (Wildman–Crippen LogP) is 3.60. The molecule has 1 aliphatic heterocycles.